The van der Waals surface area contributed by atoms with E-state index in [9.17, 15) is 22.8 Å². The highest BCUT2D eigenvalue weighted by atomic mass is 32.1. The summed E-state index contributed by atoms with van der Waals surface area (Å²) in [5.41, 5.74) is -0.0725. The van der Waals surface area contributed by atoms with E-state index in [2.05, 4.69) is 22.3 Å². The van der Waals surface area contributed by atoms with Gasteiger partial charge in [-0.05, 0) is 55.2 Å². The Balaban J connectivity index is 1.54. The summed E-state index contributed by atoms with van der Waals surface area (Å²) in [4.78, 5) is 31.7. The monoisotopic (exact) mass is 534 g/mol. The van der Waals surface area contributed by atoms with Crippen LogP contribution < -0.4 is 5.32 Å². The third kappa shape index (κ3) is 4.50. The highest BCUT2D eigenvalue weighted by Crippen LogP contribution is 2.40. The lowest BCUT2D eigenvalue weighted by Gasteiger charge is -2.18. The summed E-state index contributed by atoms with van der Waals surface area (Å²) in [7, 11) is 0. The molecule has 0 saturated heterocycles. The standard InChI is InChI=1S/C24H21F3N4O3S2/c1-3-34-23(33)20-13-7-6-12(2)9-17(13)36-22(20)29-21(32)15-11-19-28-14(16-5-4-8-35-16)10-18(24(25,26)27)31(19)30-15/h4-5,8,10-12H,3,6-7,9H2,1-2H3,(H,29,32)/t12-/m0/s1. The van der Waals surface area contributed by atoms with Crippen LogP contribution in [-0.2, 0) is 23.8 Å². The summed E-state index contributed by atoms with van der Waals surface area (Å²) in [5, 5.41) is 8.67. The molecule has 188 valence electrons. The summed E-state index contributed by atoms with van der Waals surface area (Å²) in [6.45, 7) is 4.00. The molecule has 0 unspecified atom stereocenters. The minimum Gasteiger partial charge on any atom is -0.462 e. The Morgan fingerprint density at radius 3 is 2.81 bits per heavy atom. The molecule has 12 heteroatoms. The number of nitrogens with one attached hydrogen (secondary N) is 1. The Bertz CT molecular complexity index is 1460. The maximum atomic E-state index is 13.8. The maximum Gasteiger partial charge on any atom is 0.433 e. The molecule has 0 fully saturated rings. The topological polar surface area (TPSA) is 85.6 Å². The molecule has 1 aliphatic rings. The number of alkyl halides is 3. The molecule has 1 amide bonds. The molecule has 36 heavy (non-hydrogen) atoms. The Morgan fingerprint density at radius 1 is 1.31 bits per heavy atom. The van der Waals surface area contributed by atoms with Crippen molar-refractivity contribution in [2.45, 2.75) is 39.3 Å². The molecule has 0 aliphatic heterocycles. The lowest BCUT2D eigenvalue weighted by molar-refractivity contribution is -0.142. The second-order valence-electron chi connectivity index (χ2n) is 8.53. The summed E-state index contributed by atoms with van der Waals surface area (Å²) < 4.78 is 47.4. The van der Waals surface area contributed by atoms with Crippen LogP contribution in [0.5, 0.6) is 0 Å². The van der Waals surface area contributed by atoms with E-state index in [4.69, 9.17) is 4.74 Å². The summed E-state index contributed by atoms with van der Waals surface area (Å²) in [6, 6.07) is 5.52. The molecule has 0 bridgehead atoms. The molecule has 0 aromatic carbocycles. The van der Waals surface area contributed by atoms with E-state index in [0.29, 0.717) is 32.3 Å². The molecule has 1 aliphatic carbocycles. The first-order valence-electron chi connectivity index (χ1n) is 11.3. The molecular formula is C24H21F3N4O3S2. The van der Waals surface area contributed by atoms with E-state index in [-0.39, 0.29) is 23.6 Å². The van der Waals surface area contributed by atoms with Crippen LogP contribution in [0.3, 0.4) is 0 Å². The highest BCUT2D eigenvalue weighted by Gasteiger charge is 2.36. The van der Waals surface area contributed by atoms with Crippen LogP contribution in [0.4, 0.5) is 18.2 Å². The molecule has 4 aromatic heterocycles. The predicted molar refractivity (Wildman–Crippen MR) is 131 cm³/mol. The van der Waals surface area contributed by atoms with Gasteiger partial charge in [0.2, 0.25) is 0 Å². The first-order valence-corrected chi connectivity index (χ1v) is 13.0. The molecule has 7 nitrogen and oxygen atoms in total. The van der Waals surface area contributed by atoms with Crippen LogP contribution in [0, 0.1) is 5.92 Å². The van der Waals surface area contributed by atoms with Crippen LogP contribution in [0.1, 0.15) is 57.2 Å². The van der Waals surface area contributed by atoms with E-state index >= 15 is 0 Å². The fourth-order valence-electron chi connectivity index (χ4n) is 4.26. The quantitative estimate of drug-likeness (QED) is 0.313. The average molecular weight is 535 g/mol. The smallest absolute Gasteiger partial charge is 0.433 e. The number of aromatic nitrogens is 3. The number of esters is 1. The van der Waals surface area contributed by atoms with E-state index < -0.39 is 23.7 Å². The van der Waals surface area contributed by atoms with E-state index in [0.717, 1.165) is 29.3 Å². The van der Waals surface area contributed by atoms with Crippen molar-refractivity contribution in [1.82, 2.24) is 14.6 Å². The second kappa shape index (κ2) is 9.32. The van der Waals surface area contributed by atoms with Gasteiger partial charge in [-0.25, -0.2) is 14.3 Å². The van der Waals surface area contributed by atoms with Crippen molar-refractivity contribution in [3.63, 3.8) is 0 Å². The van der Waals surface area contributed by atoms with Gasteiger partial charge in [-0.15, -0.1) is 22.7 Å². The van der Waals surface area contributed by atoms with Gasteiger partial charge in [-0.1, -0.05) is 13.0 Å². The van der Waals surface area contributed by atoms with Gasteiger partial charge in [0.15, 0.2) is 17.0 Å². The molecule has 1 N–H and O–H groups in total. The molecule has 4 heterocycles. The molecular weight excluding hydrogens is 513 g/mol. The number of fused-ring (bicyclic) bond motifs is 2. The molecule has 0 spiro atoms. The van der Waals surface area contributed by atoms with Gasteiger partial charge in [0.05, 0.1) is 22.7 Å². The van der Waals surface area contributed by atoms with Crippen molar-refractivity contribution in [1.29, 1.82) is 0 Å². The van der Waals surface area contributed by atoms with Gasteiger partial charge in [-0.2, -0.15) is 18.3 Å². The maximum absolute atomic E-state index is 13.8. The Morgan fingerprint density at radius 2 is 2.11 bits per heavy atom. The normalized spacial score (nSPS) is 15.6. The summed E-state index contributed by atoms with van der Waals surface area (Å²) in [5.74, 6) is -0.822. The number of nitrogens with zero attached hydrogens (tertiary/aromatic N) is 3. The van der Waals surface area contributed by atoms with Gasteiger partial charge < -0.3 is 10.1 Å². The molecule has 5 rings (SSSR count). The fraction of sp³-hybridized carbons (Fsp3) is 0.333. The number of carbonyl (C=O) groups excluding carboxylic acids is 2. The highest BCUT2D eigenvalue weighted by molar-refractivity contribution is 7.17. The van der Waals surface area contributed by atoms with Crippen LogP contribution in [0.15, 0.2) is 29.6 Å². The van der Waals surface area contributed by atoms with Crippen molar-refractivity contribution in [3.05, 3.63) is 57.0 Å². The molecule has 1 atom stereocenters. The largest absolute Gasteiger partial charge is 0.462 e. The molecule has 0 saturated carbocycles. The van der Waals surface area contributed by atoms with Gasteiger partial charge in [0.1, 0.15) is 5.00 Å². The van der Waals surface area contributed by atoms with Crippen molar-refractivity contribution in [2.24, 2.45) is 5.92 Å². The fourth-order valence-corrected chi connectivity index (χ4v) is 6.34. The first kappa shape index (κ1) is 24.4. The molecule has 4 aromatic rings. The minimum absolute atomic E-state index is 0.108. The number of rotatable bonds is 5. The third-order valence-electron chi connectivity index (χ3n) is 5.94. The summed E-state index contributed by atoms with van der Waals surface area (Å²) >= 11 is 2.56. The van der Waals surface area contributed by atoms with E-state index in [1.165, 1.54) is 28.7 Å². The van der Waals surface area contributed by atoms with Crippen molar-refractivity contribution >= 4 is 45.2 Å². The zero-order valence-corrected chi connectivity index (χ0v) is 20.9. The Hall–Kier alpha value is -3.25. The number of amides is 1. The molecule has 0 radical (unpaired) electrons. The van der Waals surface area contributed by atoms with Gasteiger partial charge in [0.25, 0.3) is 5.91 Å². The number of thiophene rings is 2. The van der Waals surface area contributed by atoms with Crippen LogP contribution in [0.25, 0.3) is 16.2 Å². The van der Waals surface area contributed by atoms with Gasteiger partial charge in [0, 0.05) is 10.9 Å². The lowest BCUT2D eigenvalue weighted by atomic mass is 9.88. The van der Waals surface area contributed by atoms with Crippen LogP contribution >= 0.6 is 22.7 Å². The van der Waals surface area contributed by atoms with Crippen molar-refractivity contribution in [2.75, 3.05) is 11.9 Å². The van der Waals surface area contributed by atoms with E-state index in [1.54, 1.807) is 24.4 Å². The van der Waals surface area contributed by atoms with Crippen LogP contribution in [0.2, 0.25) is 0 Å². The van der Waals surface area contributed by atoms with Crippen molar-refractivity contribution in [3.8, 4) is 10.6 Å². The third-order valence-corrected chi connectivity index (χ3v) is 8.00. The second-order valence-corrected chi connectivity index (χ2v) is 10.6. The number of anilines is 1. The Labute approximate surface area is 211 Å². The minimum atomic E-state index is -4.71. The van der Waals surface area contributed by atoms with Crippen LogP contribution in [-0.4, -0.2) is 33.1 Å². The zero-order valence-electron chi connectivity index (χ0n) is 19.3. The number of hydrogen-bond acceptors (Lipinski definition) is 7. The lowest BCUT2D eigenvalue weighted by Crippen LogP contribution is -2.17. The SMILES string of the molecule is CCOC(=O)c1c(NC(=O)c2cc3nc(-c4cccs4)cc(C(F)(F)F)n3n2)sc2c1CC[C@H](C)C2. The Kier molecular flexibility index (Phi) is 6.33. The van der Waals surface area contributed by atoms with Gasteiger partial charge >= 0.3 is 12.1 Å². The average Bonchev–Trinajstić information content (AvgIpc) is 3.55. The number of halogens is 3. The van der Waals surface area contributed by atoms with Crippen molar-refractivity contribution < 1.29 is 27.5 Å². The zero-order chi connectivity index (χ0) is 25.6. The predicted octanol–water partition coefficient (Wildman–Crippen LogP) is 6.09. The van der Waals surface area contributed by atoms with Gasteiger partial charge in [-0.3, -0.25) is 4.79 Å². The van der Waals surface area contributed by atoms with E-state index in [1.807, 2.05) is 0 Å². The summed E-state index contributed by atoms with van der Waals surface area (Å²) in [6.07, 6.45) is -2.33. The number of carbonyl (C=O) groups is 2. The number of hydrogen-bond donors (Lipinski definition) is 1. The number of ether oxygens (including phenoxy) is 1. The first-order chi connectivity index (χ1) is 17.2.